The second kappa shape index (κ2) is 38.9. The standard InChI is InChI=1S/C69H116F6N12O12/c1-19-44(8)59-66(98)81(13)39-57(90)79(11)40-58(91)82(14)49(25-21-22-26-54(71)72)63(95)80(12)38-55(88)76-48(30-28-45-27-29-46(47(70)36-45)69(73,74)75)62(94)84(16)51(34-42(4)5)61(93)78-68(9,10)67(99)86(18)52(35-43(6)7)64(96)85(17)53(65(97)87-31-23-20-24-32-87)37-56(89)83(15)50(33-41(2)3)60(92)77-59/h41-54,59H,19-40H2,1-18H3,(H,76,88)(H,77,92)(H,78,93)/t44-,45?,46?,47?,48-,49-,50-,51-,52-,53-,59-/m0/s1. The number of carbonyl (C=O) groups is 12. The van der Waals surface area contributed by atoms with Gasteiger partial charge in [-0.2, -0.15) is 13.2 Å². The monoisotopic (exact) mass is 1420 g/mol. The zero-order chi connectivity index (χ0) is 75.5. The van der Waals surface area contributed by atoms with E-state index in [0.717, 1.165) is 40.7 Å². The number of nitrogens with zero attached hydrogens (tertiary/aromatic N) is 9. The van der Waals surface area contributed by atoms with E-state index in [1.54, 1.807) is 32.6 Å². The Balaban J connectivity index is 2.31. The molecule has 12 amide bonds. The molecule has 3 unspecified atom stereocenters. The molecule has 2 saturated heterocycles. The predicted octanol–water partition coefficient (Wildman–Crippen LogP) is 5.88. The van der Waals surface area contributed by atoms with Gasteiger partial charge in [0.15, 0.2) is 0 Å². The summed E-state index contributed by atoms with van der Waals surface area (Å²) in [6.45, 7) is 15.6. The third-order valence-corrected chi connectivity index (χ3v) is 19.7. The van der Waals surface area contributed by atoms with Gasteiger partial charge in [0.25, 0.3) is 0 Å². The molecule has 3 aliphatic rings. The van der Waals surface area contributed by atoms with E-state index < -0.39 is 201 Å². The van der Waals surface area contributed by atoms with Gasteiger partial charge >= 0.3 is 6.18 Å². The second-order valence-corrected chi connectivity index (χ2v) is 29.7. The van der Waals surface area contributed by atoms with Crippen LogP contribution in [0, 0.1) is 35.5 Å². The third-order valence-electron chi connectivity index (χ3n) is 19.7. The van der Waals surface area contributed by atoms with E-state index in [4.69, 9.17) is 0 Å². The third kappa shape index (κ3) is 25.4. The van der Waals surface area contributed by atoms with E-state index in [9.17, 15) is 65.1 Å². The van der Waals surface area contributed by atoms with Crippen LogP contribution in [0.15, 0.2) is 0 Å². The number of unbranched alkanes of at least 4 members (excludes halogenated alkanes) is 1. The van der Waals surface area contributed by atoms with Crippen LogP contribution < -0.4 is 16.0 Å². The molecule has 0 aromatic heterocycles. The molecule has 11 atom stereocenters. The minimum Gasteiger partial charge on any atom is -0.343 e. The lowest BCUT2D eigenvalue weighted by Crippen LogP contribution is -2.63. The molecule has 2 aliphatic heterocycles. The molecule has 24 nitrogen and oxygen atoms in total. The average Bonchev–Trinajstić information content (AvgIpc) is 0.873. The summed E-state index contributed by atoms with van der Waals surface area (Å²) < 4.78 is 83.4. The van der Waals surface area contributed by atoms with Crippen LogP contribution in [0.3, 0.4) is 0 Å². The lowest BCUT2D eigenvalue weighted by atomic mass is 9.78. The number of likely N-dealkylation sites (tertiary alicyclic amines) is 1. The number of alkyl halides is 6. The number of nitrogens with one attached hydrogen (secondary N) is 3. The van der Waals surface area contributed by atoms with Crippen molar-refractivity contribution >= 4 is 70.9 Å². The predicted molar refractivity (Wildman–Crippen MR) is 360 cm³/mol. The van der Waals surface area contributed by atoms with Crippen LogP contribution in [0.5, 0.6) is 0 Å². The molecule has 3 rings (SSSR count). The summed E-state index contributed by atoms with van der Waals surface area (Å²) in [5.41, 5.74) is -1.85. The van der Waals surface area contributed by atoms with Crippen molar-refractivity contribution in [1.82, 2.24) is 60.0 Å². The highest BCUT2D eigenvalue weighted by atomic mass is 19.4. The van der Waals surface area contributed by atoms with Gasteiger partial charge in [0.1, 0.15) is 54.0 Å². The highest BCUT2D eigenvalue weighted by Gasteiger charge is 2.49. The highest BCUT2D eigenvalue weighted by Crippen LogP contribution is 2.43. The van der Waals surface area contributed by atoms with Gasteiger partial charge in [0, 0.05) is 75.9 Å². The van der Waals surface area contributed by atoms with E-state index >= 15 is 18.8 Å². The van der Waals surface area contributed by atoms with Crippen LogP contribution in [0.4, 0.5) is 26.3 Å². The number of carbonyl (C=O) groups excluding carboxylic acids is 12. The molecule has 30 heteroatoms. The van der Waals surface area contributed by atoms with Crippen molar-refractivity contribution in [2.75, 3.05) is 89.1 Å². The number of amides is 12. The fourth-order valence-electron chi connectivity index (χ4n) is 13.2. The SMILES string of the molecule is CC[C@H](C)[C@@H]1NC(=O)[C@H](CC(C)C)N(C)C(=O)C[C@@H](C(=O)N2CCCCC2)N(C)C(=O)[C@H](CC(C)C)N(C)C(=O)C(C)(C)NC(=O)[C@H](CC(C)C)N(C)C(=O)[C@H](CCC2CCC(C(F)(F)F)C(F)C2)NC(=O)CN(C)C(=O)[C@H](CCCCC(F)F)N(C)C(=O)CN(C)C(=O)CN(C)C1=O. The lowest BCUT2D eigenvalue weighted by Gasteiger charge is -2.40. The first-order valence-corrected chi connectivity index (χ1v) is 35.1. The Labute approximate surface area is 582 Å². The highest BCUT2D eigenvalue weighted by molar-refractivity contribution is 6.00. The largest absolute Gasteiger partial charge is 0.394 e. The first-order chi connectivity index (χ1) is 45.9. The summed E-state index contributed by atoms with van der Waals surface area (Å²) in [5, 5.41) is 8.23. The zero-order valence-electron chi connectivity index (χ0n) is 61.9. The number of piperidine rings is 1. The van der Waals surface area contributed by atoms with Gasteiger partial charge in [-0.25, -0.2) is 13.2 Å². The molecular weight excluding hydrogens is 1300 g/mol. The van der Waals surface area contributed by atoms with Gasteiger partial charge in [0.2, 0.25) is 77.3 Å². The van der Waals surface area contributed by atoms with Crippen LogP contribution in [-0.4, -0.2) is 271 Å². The fourth-order valence-corrected chi connectivity index (χ4v) is 13.2. The molecule has 0 aromatic rings. The van der Waals surface area contributed by atoms with Crippen molar-refractivity contribution in [1.29, 1.82) is 0 Å². The molecule has 566 valence electrons. The summed E-state index contributed by atoms with van der Waals surface area (Å²) >= 11 is 0. The molecule has 3 fully saturated rings. The van der Waals surface area contributed by atoms with Crippen molar-refractivity contribution in [2.24, 2.45) is 35.5 Å². The van der Waals surface area contributed by atoms with Crippen LogP contribution in [-0.2, 0) is 57.5 Å². The van der Waals surface area contributed by atoms with Crippen molar-refractivity contribution in [2.45, 2.75) is 245 Å². The van der Waals surface area contributed by atoms with Gasteiger partial charge in [-0.1, -0.05) is 68.2 Å². The van der Waals surface area contributed by atoms with Crippen molar-refractivity contribution in [3.05, 3.63) is 0 Å². The summed E-state index contributed by atoms with van der Waals surface area (Å²) in [5.74, 6) is -13.5. The smallest absolute Gasteiger partial charge is 0.343 e. The van der Waals surface area contributed by atoms with Crippen molar-refractivity contribution in [3.8, 4) is 0 Å². The molecule has 0 spiro atoms. The van der Waals surface area contributed by atoms with Crippen LogP contribution >= 0.6 is 0 Å². The topological polar surface area (TPSA) is 270 Å². The summed E-state index contributed by atoms with van der Waals surface area (Å²) in [6.07, 6.45) is -10.0. The maximum absolute atomic E-state index is 15.3. The summed E-state index contributed by atoms with van der Waals surface area (Å²) in [7, 11) is 10.4. The Morgan fingerprint density at radius 1 is 0.566 bits per heavy atom. The minimum absolute atomic E-state index is 0.00424. The number of rotatable bonds is 17. The maximum atomic E-state index is 15.3. The molecule has 1 aliphatic carbocycles. The van der Waals surface area contributed by atoms with Gasteiger partial charge in [0.05, 0.1) is 32.0 Å². The van der Waals surface area contributed by atoms with Crippen LogP contribution in [0.1, 0.15) is 178 Å². The molecule has 0 aromatic carbocycles. The quantitative estimate of drug-likeness (QED) is 0.114. The average molecular weight is 1420 g/mol. The molecule has 2 heterocycles. The Morgan fingerprint density at radius 3 is 1.64 bits per heavy atom. The summed E-state index contributed by atoms with van der Waals surface area (Å²) in [4.78, 5) is 186. The zero-order valence-corrected chi connectivity index (χ0v) is 61.9. The van der Waals surface area contributed by atoms with Crippen molar-refractivity contribution < 1.29 is 83.9 Å². The first-order valence-electron chi connectivity index (χ1n) is 35.1. The minimum atomic E-state index is -4.80. The van der Waals surface area contributed by atoms with Gasteiger partial charge in [-0.05, 0) is 127 Å². The number of halogens is 6. The van der Waals surface area contributed by atoms with E-state index in [0.29, 0.717) is 32.4 Å². The van der Waals surface area contributed by atoms with E-state index in [2.05, 4.69) is 16.0 Å². The fraction of sp³-hybridized carbons (Fsp3) is 0.826. The maximum Gasteiger partial charge on any atom is 0.394 e. The van der Waals surface area contributed by atoms with Crippen LogP contribution in [0.25, 0.3) is 0 Å². The second-order valence-electron chi connectivity index (χ2n) is 29.7. The molecule has 99 heavy (non-hydrogen) atoms. The van der Waals surface area contributed by atoms with Gasteiger partial charge in [-0.3, -0.25) is 57.5 Å². The Kier molecular flexibility index (Phi) is 33.9. The Morgan fingerprint density at radius 2 is 1.10 bits per heavy atom. The Bertz CT molecular complexity index is 2770. The summed E-state index contributed by atoms with van der Waals surface area (Å²) in [6, 6.07) is -9.64. The number of hydrogen-bond acceptors (Lipinski definition) is 12. The first kappa shape index (κ1) is 86.4. The number of hydrogen-bond donors (Lipinski definition) is 3. The van der Waals surface area contributed by atoms with Gasteiger partial charge in [-0.15, -0.1) is 0 Å². The Hall–Kier alpha value is -6.78. The van der Waals surface area contributed by atoms with E-state index in [-0.39, 0.29) is 75.5 Å². The molecule has 0 bridgehead atoms. The van der Waals surface area contributed by atoms with Gasteiger partial charge < -0.3 is 60.0 Å². The van der Waals surface area contributed by atoms with E-state index in [1.807, 2.05) is 27.7 Å². The molecule has 1 saturated carbocycles. The molecule has 0 radical (unpaired) electrons. The van der Waals surface area contributed by atoms with Crippen molar-refractivity contribution in [3.63, 3.8) is 0 Å². The van der Waals surface area contributed by atoms with Crippen LogP contribution in [0.2, 0.25) is 0 Å². The van der Waals surface area contributed by atoms with E-state index in [1.165, 1.54) is 75.1 Å². The molecule has 3 N–H and O–H groups in total. The lowest BCUT2D eigenvalue weighted by molar-refractivity contribution is -0.201. The number of likely N-dealkylation sites (N-methyl/N-ethyl adjacent to an activating group) is 8. The molecular formula is C69H116F6N12O12. The normalized spacial score (nSPS) is 27.0.